The maximum Gasteiger partial charge on any atom is 0.220 e. The molecule has 1 aliphatic rings. The van der Waals surface area contributed by atoms with Crippen LogP contribution >= 0.6 is 0 Å². The van der Waals surface area contributed by atoms with Crippen LogP contribution in [0.15, 0.2) is 48.8 Å². The maximum absolute atomic E-state index is 12.2. The van der Waals surface area contributed by atoms with Gasteiger partial charge in [-0.25, -0.2) is 0 Å². The third kappa shape index (κ3) is 5.30. The van der Waals surface area contributed by atoms with E-state index in [4.69, 9.17) is 0 Å². The molecule has 7 nitrogen and oxygen atoms in total. The van der Waals surface area contributed by atoms with E-state index >= 15 is 0 Å². The summed E-state index contributed by atoms with van der Waals surface area (Å²) < 4.78 is 2.16. The van der Waals surface area contributed by atoms with Crippen molar-refractivity contribution in [3.63, 3.8) is 0 Å². The summed E-state index contributed by atoms with van der Waals surface area (Å²) in [6, 6.07) is 12.6. The topological polar surface area (TPSA) is 75.9 Å². The van der Waals surface area contributed by atoms with Gasteiger partial charge in [0.1, 0.15) is 5.82 Å². The molecular weight excluding hydrogens is 376 g/mol. The summed E-state index contributed by atoms with van der Waals surface area (Å²) in [7, 11) is 0. The van der Waals surface area contributed by atoms with Gasteiger partial charge >= 0.3 is 0 Å². The Morgan fingerprint density at radius 1 is 1.07 bits per heavy atom. The van der Waals surface area contributed by atoms with Gasteiger partial charge in [0.2, 0.25) is 5.91 Å². The van der Waals surface area contributed by atoms with Gasteiger partial charge in [-0.05, 0) is 30.5 Å². The van der Waals surface area contributed by atoms with Crippen LogP contribution in [-0.4, -0.2) is 43.6 Å². The number of carbonyl (C=O) groups excluding carboxylic acids is 1. The number of carbonyl (C=O) groups is 1. The van der Waals surface area contributed by atoms with Gasteiger partial charge in [0.15, 0.2) is 5.82 Å². The van der Waals surface area contributed by atoms with E-state index in [1.807, 2.05) is 12.1 Å². The molecule has 0 spiro atoms. The van der Waals surface area contributed by atoms with Crippen LogP contribution in [0.4, 0.5) is 0 Å². The number of aryl methyl sites for hydroxylation is 2. The minimum absolute atomic E-state index is 0.0193. The molecule has 2 aromatic heterocycles. The van der Waals surface area contributed by atoms with Crippen molar-refractivity contribution >= 4 is 5.91 Å². The highest BCUT2D eigenvalue weighted by atomic mass is 16.1. The molecule has 0 saturated heterocycles. The molecule has 30 heavy (non-hydrogen) atoms. The molecule has 0 radical (unpaired) electrons. The molecule has 3 heterocycles. The van der Waals surface area contributed by atoms with E-state index in [-0.39, 0.29) is 5.91 Å². The fourth-order valence-electron chi connectivity index (χ4n) is 3.74. The molecule has 7 heteroatoms. The van der Waals surface area contributed by atoms with E-state index in [2.05, 4.69) is 61.2 Å². The molecule has 0 unspecified atom stereocenters. The van der Waals surface area contributed by atoms with Crippen LogP contribution in [0, 0.1) is 6.92 Å². The van der Waals surface area contributed by atoms with Gasteiger partial charge in [0, 0.05) is 51.4 Å². The maximum atomic E-state index is 12.2. The molecule has 1 N–H and O–H groups in total. The second-order valence-corrected chi connectivity index (χ2v) is 7.83. The predicted octanol–water partition coefficient (Wildman–Crippen LogP) is 2.29. The van der Waals surface area contributed by atoms with Gasteiger partial charge in [-0.2, -0.15) is 0 Å². The Morgan fingerprint density at radius 3 is 2.73 bits per heavy atom. The average molecular weight is 405 g/mol. The van der Waals surface area contributed by atoms with Gasteiger partial charge in [-0.3, -0.25) is 14.7 Å². The minimum atomic E-state index is 0.0193. The van der Waals surface area contributed by atoms with Crippen LogP contribution in [0.2, 0.25) is 0 Å². The van der Waals surface area contributed by atoms with Crippen molar-refractivity contribution in [1.82, 2.24) is 30.0 Å². The summed E-state index contributed by atoms with van der Waals surface area (Å²) in [6.07, 6.45) is 5.53. The van der Waals surface area contributed by atoms with Crippen molar-refractivity contribution < 1.29 is 4.79 Å². The first-order valence-electron chi connectivity index (χ1n) is 10.5. The van der Waals surface area contributed by atoms with Crippen LogP contribution in [0.5, 0.6) is 0 Å². The molecule has 1 aliphatic heterocycles. The lowest BCUT2D eigenvalue weighted by Gasteiger charge is -2.19. The monoisotopic (exact) mass is 404 g/mol. The summed E-state index contributed by atoms with van der Waals surface area (Å²) in [5.41, 5.74) is 3.69. The second-order valence-electron chi connectivity index (χ2n) is 7.83. The van der Waals surface area contributed by atoms with E-state index in [1.54, 1.807) is 12.4 Å². The zero-order valence-electron chi connectivity index (χ0n) is 17.4. The quantitative estimate of drug-likeness (QED) is 0.654. The largest absolute Gasteiger partial charge is 0.349 e. The molecular formula is C23H28N6O. The number of aromatic nitrogens is 4. The van der Waals surface area contributed by atoms with Gasteiger partial charge in [-0.1, -0.05) is 35.9 Å². The summed E-state index contributed by atoms with van der Waals surface area (Å²) in [5, 5.41) is 11.7. The molecule has 0 saturated carbocycles. The third-order valence-electron chi connectivity index (χ3n) is 5.53. The molecule has 0 aliphatic carbocycles. The first kappa shape index (κ1) is 20.2. The molecule has 0 bridgehead atoms. The minimum Gasteiger partial charge on any atom is -0.349 e. The lowest BCUT2D eigenvalue weighted by atomic mass is 10.1. The van der Waals surface area contributed by atoms with Crippen LogP contribution < -0.4 is 5.32 Å². The zero-order chi connectivity index (χ0) is 20.8. The van der Waals surface area contributed by atoms with Gasteiger partial charge in [0.25, 0.3) is 0 Å². The van der Waals surface area contributed by atoms with Crippen LogP contribution in [0.25, 0.3) is 0 Å². The normalized spacial score (nSPS) is 14.2. The highest BCUT2D eigenvalue weighted by molar-refractivity contribution is 5.76. The number of nitrogens with one attached hydrogen (secondary N) is 1. The van der Waals surface area contributed by atoms with E-state index in [9.17, 15) is 4.79 Å². The van der Waals surface area contributed by atoms with Crippen molar-refractivity contribution in [2.24, 2.45) is 0 Å². The number of fused-ring (bicyclic) bond motifs is 1. The second kappa shape index (κ2) is 9.63. The smallest absolute Gasteiger partial charge is 0.220 e. The predicted molar refractivity (Wildman–Crippen MR) is 115 cm³/mol. The Hall–Kier alpha value is -3.06. The van der Waals surface area contributed by atoms with Gasteiger partial charge < -0.3 is 9.88 Å². The summed E-state index contributed by atoms with van der Waals surface area (Å²) in [4.78, 5) is 18.8. The standard InChI is InChI=1S/C23H28N6O/c1-18-4-6-20(7-5-18)17-28-12-10-21-26-27-22(29(21)14-13-28)16-25-23(30)9-8-19-3-2-11-24-15-19/h2-7,11,15H,8-10,12-14,16-17H2,1H3,(H,25,30). The van der Waals surface area contributed by atoms with Crippen LogP contribution in [0.1, 0.15) is 34.8 Å². The number of pyridine rings is 1. The van der Waals surface area contributed by atoms with Crippen molar-refractivity contribution in [2.75, 3.05) is 13.1 Å². The zero-order valence-corrected chi connectivity index (χ0v) is 17.4. The first-order valence-corrected chi connectivity index (χ1v) is 10.5. The number of benzene rings is 1. The fourth-order valence-corrected chi connectivity index (χ4v) is 3.74. The number of rotatable bonds is 7. The Labute approximate surface area is 177 Å². The van der Waals surface area contributed by atoms with Crippen molar-refractivity contribution in [3.05, 3.63) is 77.1 Å². The summed E-state index contributed by atoms with van der Waals surface area (Å²) in [5.74, 6) is 1.85. The molecule has 3 aromatic rings. The number of amides is 1. The number of nitrogens with zero attached hydrogens (tertiary/aromatic N) is 5. The van der Waals surface area contributed by atoms with Crippen molar-refractivity contribution in [2.45, 2.75) is 45.8 Å². The summed E-state index contributed by atoms with van der Waals surface area (Å²) >= 11 is 0. The molecule has 0 fully saturated rings. The Kier molecular flexibility index (Phi) is 6.49. The van der Waals surface area contributed by atoms with Crippen LogP contribution in [-0.2, 0) is 37.3 Å². The Morgan fingerprint density at radius 2 is 1.93 bits per heavy atom. The van der Waals surface area contributed by atoms with E-state index in [1.165, 1.54) is 11.1 Å². The van der Waals surface area contributed by atoms with Crippen molar-refractivity contribution in [1.29, 1.82) is 0 Å². The van der Waals surface area contributed by atoms with Crippen LogP contribution in [0.3, 0.4) is 0 Å². The van der Waals surface area contributed by atoms with E-state index < -0.39 is 0 Å². The lowest BCUT2D eigenvalue weighted by molar-refractivity contribution is -0.121. The van der Waals surface area contributed by atoms with E-state index in [0.29, 0.717) is 19.4 Å². The Balaban J connectivity index is 1.28. The summed E-state index contributed by atoms with van der Waals surface area (Å²) in [6.45, 7) is 6.22. The first-order chi connectivity index (χ1) is 14.7. The SMILES string of the molecule is Cc1ccc(CN2CCc3nnc(CNC(=O)CCc4cccnc4)n3CC2)cc1. The fraction of sp³-hybridized carbons (Fsp3) is 0.391. The molecule has 1 amide bonds. The molecule has 1 aromatic carbocycles. The van der Waals surface area contributed by atoms with Gasteiger partial charge in [0.05, 0.1) is 6.54 Å². The van der Waals surface area contributed by atoms with Crippen molar-refractivity contribution in [3.8, 4) is 0 Å². The number of hydrogen-bond acceptors (Lipinski definition) is 5. The molecule has 156 valence electrons. The average Bonchev–Trinajstić information content (AvgIpc) is 3.05. The molecule has 0 atom stereocenters. The third-order valence-corrected chi connectivity index (χ3v) is 5.53. The lowest BCUT2D eigenvalue weighted by Crippen LogP contribution is -2.28. The van der Waals surface area contributed by atoms with Gasteiger partial charge in [-0.15, -0.1) is 10.2 Å². The molecule has 4 rings (SSSR count). The van der Waals surface area contributed by atoms with E-state index in [0.717, 1.165) is 49.8 Å². The highest BCUT2D eigenvalue weighted by Crippen LogP contribution is 2.13. The Bertz CT molecular complexity index is 967. The highest BCUT2D eigenvalue weighted by Gasteiger charge is 2.19. The number of hydrogen-bond donors (Lipinski definition) is 1.